The number of allylic oxidation sites excluding steroid dienone is 1. The van der Waals surface area contributed by atoms with Crippen molar-refractivity contribution in [2.45, 2.75) is 6.92 Å². The summed E-state index contributed by atoms with van der Waals surface area (Å²) in [6.07, 6.45) is 5.90. The van der Waals surface area contributed by atoms with E-state index in [0.717, 1.165) is 170 Å². The van der Waals surface area contributed by atoms with Crippen LogP contribution in [-0.2, 0) is 0 Å². The van der Waals surface area contributed by atoms with Gasteiger partial charge in [0.2, 0.25) is 41.1 Å². The molecule has 0 aliphatic heterocycles. The Morgan fingerprint density at radius 1 is 0.254 bits per heavy atom. The fourth-order valence-corrected chi connectivity index (χ4v) is 31.7. The van der Waals surface area contributed by atoms with Gasteiger partial charge in [-0.1, -0.05) is 340 Å². The topological polar surface area (TPSA) is 175 Å². The van der Waals surface area contributed by atoms with Crippen LogP contribution in [0.1, 0.15) is 18.3 Å². The van der Waals surface area contributed by atoms with Gasteiger partial charge in [0.25, 0.3) is 0 Å². The van der Waals surface area contributed by atoms with Gasteiger partial charge in [0.05, 0.1) is 77.6 Å². The zero-order valence-electron chi connectivity index (χ0n) is 74.2. The van der Waals surface area contributed by atoms with Crippen LogP contribution in [0, 0.1) is 0 Å². The molecule has 0 atom stereocenters. The molecule has 11 aromatic heterocycles. The minimum atomic E-state index is -3.25. The van der Waals surface area contributed by atoms with E-state index in [1.807, 2.05) is 41.8 Å². The average molecular weight is 1810 g/mol. The highest BCUT2D eigenvalue weighted by molar-refractivity contribution is 7.21. The van der Waals surface area contributed by atoms with Crippen LogP contribution in [0.4, 0.5) is 0 Å². The molecule has 0 spiro atoms. The number of para-hydroxylation sites is 12. The molecule has 28 aromatic rings. The fourth-order valence-electron chi connectivity index (χ4n) is 22.0. The molecular formula is C118H76N16O2Si2. The Balaban J connectivity index is 0.603. The second-order valence-corrected chi connectivity index (χ2v) is 42.7. The van der Waals surface area contributed by atoms with Crippen LogP contribution in [-0.4, -0.2) is 92.5 Å². The zero-order valence-corrected chi connectivity index (χ0v) is 76.2. The molecule has 0 saturated heterocycles. The molecule has 138 heavy (non-hydrogen) atoms. The number of rotatable bonds is 17. The quantitative estimate of drug-likeness (QED) is 0.0626. The van der Waals surface area contributed by atoms with Crippen molar-refractivity contribution in [2.24, 2.45) is 0 Å². The summed E-state index contributed by atoms with van der Waals surface area (Å²) < 4.78 is 29.1. The van der Waals surface area contributed by atoms with E-state index < -0.39 is 16.1 Å². The normalized spacial score (nSPS) is 12.4. The monoisotopic (exact) mass is 1800 g/mol. The van der Waals surface area contributed by atoms with Crippen LogP contribution in [0.15, 0.2) is 434 Å². The molecule has 0 unspecified atom stereocenters. The lowest BCUT2D eigenvalue weighted by molar-refractivity contribution is 0.671. The molecule has 648 valence electrons. The van der Waals surface area contributed by atoms with Crippen molar-refractivity contribution in [3.8, 4) is 57.7 Å². The number of furan rings is 2. The van der Waals surface area contributed by atoms with Crippen LogP contribution in [0.5, 0.6) is 0 Å². The van der Waals surface area contributed by atoms with Crippen LogP contribution in [0.25, 0.3) is 208 Å². The first-order valence-electron chi connectivity index (χ1n) is 46.2. The maximum absolute atomic E-state index is 7.04. The maximum atomic E-state index is 7.04. The molecule has 0 saturated carbocycles. The lowest BCUT2D eigenvalue weighted by atomic mass is 10.0. The van der Waals surface area contributed by atoms with Crippen molar-refractivity contribution in [2.75, 3.05) is 0 Å². The largest absolute Gasteiger partial charge is 0.456 e. The summed E-state index contributed by atoms with van der Waals surface area (Å²) in [5, 5.41) is 16.0. The molecule has 0 bridgehead atoms. The van der Waals surface area contributed by atoms with Gasteiger partial charge in [0.1, 0.15) is 22.3 Å². The van der Waals surface area contributed by atoms with E-state index in [4.69, 9.17) is 53.7 Å². The molecule has 18 nitrogen and oxygen atoms in total. The second kappa shape index (κ2) is 30.6. The summed E-state index contributed by atoms with van der Waals surface area (Å²) >= 11 is 0. The predicted molar refractivity (Wildman–Crippen MR) is 562 cm³/mol. The van der Waals surface area contributed by atoms with Gasteiger partial charge in [-0.05, 0) is 157 Å². The molecule has 17 aromatic carbocycles. The third-order valence-electron chi connectivity index (χ3n) is 27.9. The van der Waals surface area contributed by atoms with E-state index in [2.05, 4.69) is 428 Å². The summed E-state index contributed by atoms with van der Waals surface area (Å²) in [5.74, 6) is 4.37. The highest BCUT2D eigenvalue weighted by atomic mass is 28.3. The third-order valence-corrected chi connectivity index (χ3v) is 37.5. The van der Waals surface area contributed by atoms with Crippen molar-refractivity contribution in [1.29, 1.82) is 0 Å². The molecule has 0 amide bonds. The van der Waals surface area contributed by atoms with Gasteiger partial charge in [-0.3, -0.25) is 17.8 Å². The Morgan fingerprint density at radius 2 is 0.572 bits per heavy atom. The van der Waals surface area contributed by atoms with E-state index >= 15 is 0 Å². The molecule has 28 rings (SSSR count). The summed E-state index contributed by atoms with van der Waals surface area (Å²) in [6, 6.07) is 147. The molecule has 0 fully saturated rings. The van der Waals surface area contributed by atoms with Crippen molar-refractivity contribution in [3.05, 3.63) is 437 Å². The number of benzene rings is 17. The molecule has 0 aliphatic carbocycles. The SMILES string of the molecule is C=Cc1nc2n(-c3nc(-c4ccc([Si](c5ccccc5)(c5ccccc5)c5cccc6c5oc5ccccc56)cc4)nc(-n4c5ccccc5n5c6cc(-c7ccc8nc9n(-c%10nc(-c%11ccc([Si](c%12ccccc%12)(c%12ccccc%12)c%12cccc%13c%12oc%12ccccc%12%13)cc%11)nc(-n%11c%12ccccc%12c%12ccccc%12%11)n%10)c%10ccccc%10n9c8c7)ccc6nc45)n3)c3ccccc3n2c1/C=C\C. The Morgan fingerprint density at radius 3 is 0.964 bits per heavy atom. The van der Waals surface area contributed by atoms with Gasteiger partial charge >= 0.3 is 0 Å². The molecule has 11 heterocycles. The summed E-state index contributed by atoms with van der Waals surface area (Å²) in [6.45, 7) is 6.27. The first kappa shape index (κ1) is 78.3. The Kier molecular flexibility index (Phi) is 17.4. The predicted octanol–water partition coefficient (Wildman–Crippen LogP) is 21.5. The van der Waals surface area contributed by atoms with Crippen LogP contribution < -0.4 is 41.5 Å². The first-order chi connectivity index (χ1) is 68.3. The standard InChI is InChI=1S/C118H76N16O2Si2/c1-3-33-95-90(4-2)119-116-129(95)96-50-23-26-53-99(96)132(116)114-124-111(75-62-68-83(69-63-75)138(80-38-13-7-14-39-80,81-40-15-8-16-41-81)107-59-32-47-89-87-45-20-30-57-105(87)136-109(89)107)125-115(127-114)134-101-55-28-25-52-98(101)131-103-73-77(65-71-92(103)121-118(131)134)76-64-70-91-102(72-76)130-97-51-24-27-54-100(97)133(117(130)120-91)113-123-110(122-112(126-113)128-93-48-21-17-42-84(93)85-43-18-22-49-94(85)128)74-60-66-82(67-61-74)137(78-34-9-5-10-35-78,79-36-11-6-12-37-79)106-58-31-46-88-86-44-19-29-56-104(86)135-108(88)106/h3-73H,2H2,1H3/b33-3-. The van der Waals surface area contributed by atoms with E-state index in [1.54, 1.807) is 6.08 Å². The van der Waals surface area contributed by atoms with Crippen molar-refractivity contribution in [1.82, 2.24) is 76.3 Å². The molecule has 0 radical (unpaired) electrons. The van der Waals surface area contributed by atoms with Crippen LogP contribution in [0.3, 0.4) is 0 Å². The minimum absolute atomic E-state index is 0.357. The van der Waals surface area contributed by atoms with Crippen molar-refractivity contribution >= 4 is 208 Å². The number of fused-ring (bicyclic) bond motifs is 22. The lowest BCUT2D eigenvalue weighted by Gasteiger charge is -2.34. The first-order valence-corrected chi connectivity index (χ1v) is 50.2. The van der Waals surface area contributed by atoms with E-state index in [9.17, 15) is 0 Å². The number of nitrogens with zero attached hydrogens (tertiary/aromatic N) is 16. The number of aromatic nitrogens is 16. The lowest BCUT2D eigenvalue weighted by Crippen LogP contribution is -2.74. The molecule has 0 aliphatic rings. The van der Waals surface area contributed by atoms with Crippen LogP contribution >= 0.6 is 0 Å². The number of imidazole rings is 6. The summed E-state index contributed by atoms with van der Waals surface area (Å²) in [7, 11) is -6.46. The van der Waals surface area contributed by atoms with Crippen molar-refractivity contribution in [3.63, 3.8) is 0 Å². The average Bonchev–Trinajstić information content (AvgIpc) is 0.765. The van der Waals surface area contributed by atoms with E-state index in [0.29, 0.717) is 52.8 Å². The van der Waals surface area contributed by atoms with Gasteiger partial charge in [-0.2, -0.15) is 29.9 Å². The smallest absolute Gasteiger partial charge is 0.242 e. The Hall–Kier alpha value is -18.4. The van der Waals surface area contributed by atoms with Gasteiger partial charge < -0.3 is 8.83 Å². The molecule has 0 N–H and O–H groups in total. The maximum Gasteiger partial charge on any atom is 0.242 e. The zero-order chi connectivity index (χ0) is 91.0. The van der Waals surface area contributed by atoms with Gasteiger partial charge in [0, 0.05) is 43.4 Å². The summed E-state index contributed by atoms with van der Waals surface area (Å²) in [5.41, 5.74) is 19.2. The second-order valence-electron chi connectivity index (χ2n) is 35.2. The fraction of sp³-hybridized carbons (Fsp3) is 0.00847. The van der Waals surface area contributed by atoms with Crippen molar-refractivity contribution < 1.29 is 8.83 Å². The van der Waals surface area contributed by atoms with E-state index in [-0.39, 0.29) is 0 Å². The Labute approximate surface area is 788 Å². The highest BCUT2D eigenvalue weighted by Gasteiger charge is 2.46. The number of hydrogen-bond acceptors (Lipinski definition) is 11. The molecular weight excluding hydrogens is 1730 g/mol. The van der Waals surface area contributed by atoms with E-state index in [1.165, 1.54) is 25.9 Å². The number of hydrogen-bond donors (Lipinski definition) is 0. The molecule has 20 heteroatoms. The highest BCUT2D eigenvalue weighted by Crippen LogP contribution is 2.41. The van der Waals surface area contributed by atoms with Gasteiger partial charge in [-0.15, -0.1) is 0 Å². The third kappa shape index (κ3) is 11.5. The van der Waals surface area contributed by atoms with Gasteiger partial charge in [0.15, 0.2) is 27.8 Å². The van der Waals surface area contributed by atoms with Gasteiger partial charge in [-0.25, -0.2) is 28.7 Å². The minimum Gasteiger partial charge on any atom is -0.456 e. The summed E-state index contributed by atoms with van der Waals surface area (Å²) in [4.78, 5) is 50.2. The van der Waals surface area contributed by atoms with Crippen LogP contribution in [0.2, 0.25) is 0 Å². The Bertz CT molecular complexity index is 9790.